The van der Waals surface area contributed by atoms with Crippen molar-refractivity contribution in [3.05, 3.63) is 42.0 Å². The largest absolute Gasteiger partial charge is 0.490 e. The van der Waals surface area contributed by atoms with Crippen LogP contribution in [0.2, 0.25) is 0 Å². The fraction of sp³-hybridized carbons (Fsp3) is 0.640. The summed E-state index contributed by atoms with van der Waals surface area (Å²) in [6, 6.07) is 4.16. The molecule has 0 radical (unpaired) electrons. The summed E-state index contributed by atoms with van der Waals surface area (Å²) < 4.78 is 68.3. The molecule has 0 unspecified atom stereocenters. The molecule has 1 aromatic rings. The maximum absolute atomic E-state index is 14.3. The first kappa shape index (κ1) is 29.1. The van der Waals surface area contributed by atoms with Gasteiger partial charge >= 0.3 is 12.1 Å². The van der Waals surface area contributed by atoms with Gasteiger partial charge in [0.15, 0.2) is 6.17 Å². The van der Waals surface area contributed by atoms with E-state index in [-0.39, 0.29) is 24.2 Å². The summed E-state index contributed by atoms with van der Waals surface area (Å²) in [5.41, 5.74) is -0.892. The van der Waals surface area contributed by atoms with E-state index in [0.717, 1.165) is 12.1 Å². The number of rotatable bonds is 13. The quantitative estimate of drug-likeness (QED) is 0.176. The fourth-order valence-corrected chi connectivity index (χ4v) is 3.86. The number of halogens is 4. The summed E-state index contributed by atoms with van der Waals surface area (Å²) in [5.74, 6) is -0.808. The molecule has 0 bridgehead atoms. The molecule has 0 heterocycles. The highest BCUT2D eigenvalue weighted by Crippen LogP contribution is 2.33. The SMILES string of the molecule is CC(C)OC(=O)CCCC=CC[C@@H]1[C@@H](OC[C@@H](F)COc2cccc(C(F)(F)F)c2)[C@H](O)C[C@@H]1O. The molecule has 35 heavy (non-hydrogen) atoms. The minimum atomic E-state index is -4.53. The van der Waals surface area contributed by atoms with Gasteiger partial charge in [-0.2, -0.15) is 13.2 Å². The van der Waals surface area contributed by atoms with Crippen molar-refractivity contribution in [2.45, 2.75) is 82.7 Å². The number of carbonyl (C=O) groups excluding carboxylic acids is 1. The lowest BCUT2D eigenvalue weighted by Crippen LogP contribution is -2.33. The summed E-state index contributed by atoms with van der Waals surface area (Å²) in [5, 5.41) is 20.5. The van der Waals surface area contributed by atoms with E-state index in [0.29, 0.717) is 25.7 Å². The number of esters is 1. The molecule has 6 nitrogen and oxygen atoms in total. The van der Waals surface area contributed by atoms with Crippen LogP contribution in [0.15, 0.2) is 36.4 Å². The van der Waals surface area contributed by atoms with Crippen LogP contribution in [0.1, 0.15) is 51.5 Å². The maximum Gasteiger partial charge on any atom is 0.416 e. The molecule has 2 rings (SSSR count). The van der Waals surface area contributed by atoms with Gasteiger partial charge in [-0.15, -0.1) is 0 Å². The van der Waals surface area contributed by atoms with Gasteiger partial charge in [0, 0.05) is 18.8 Å². The molecule has 0 spiro atoms. The van der Waals surface area contributed by atoms with Gasteiger partial charge in [0.05, 0.1) is 36.6 Å². The second kappa shape index (κ2) is 13.8. The summed E-state index contributed by atoms with van der Waals surface area (Å²) in [6.45, 7) is 2.61. The molecule has 0 aromatic heterocycles. The van der Waals surface area contributed by atoms with Crippen molar-refractivity contribution in [1.29, 1.82) is 0 Å². The summed E-state index contributed by atoms with van der Waals surface area (Å²) >= 11 is 0. The first-order chi connectivity index (χ1) is 16.5. The van der Waals surface area contributed by atoms with Crippen LogP contribution in [0.3, 0.4) is 0 Å². The Hall–Kier alpha value is -2.17. The molecular weight excluding hydrogens is 472 g/mol. The molecule has 1 aromatic carbocycles. The van der Waals surface area contributed by atoms with Crippen molar-refractivity contribution in [2.24, 2.45) is 5.92 Å². The zero-order valence-corrected chi connectivity index (χ0v) is 19.9. The molecule has 198 valence electrons. The Morgan fingerprint density at radius 2 is 1.91 bits per heavy atom. The van der Waals surface area contributed by atoms with Crippen molar-refractivity contribution in [1.82, 2.24) is 0 Å². The normalized spacial score (nSPS) is 23.7. The number of alkyl halides is 4. The number of allylic oxidation sites excluding steroid dienone is 2. The Morgan fingerprint density at radius 3 is 2.60 bits per heavy atom. The predicted octanol–water partition coefficient (Wildman–Crippen LogP) is 4.62. The van der Waals surface area contributed by atoms with E-state index in [1.807, 2.05) is 12.2 Å². The highest BCUT2D eigenvalue weighted by atomic mass is 19.4. The van der Waals surface area contributed by atoms with Crippen LogP contribution < -0.4 is 4.74 Å². The maximum atomic E-state index is 14.3. The number of benzene rings is 1. The Labute approximate surface area is 202 Å². The minimum absolute atomic E-state index is 0.0991. The number of aliphatic hydroxyl groups excluding tert-OH is 2. The lowest BCUT2D eigenvalue weighted by atomic mass is 9.98. The average molecular weight is 507 g/mol. The van der Waals surface area contributed by atoms with Gasteiger partial charge < -0.3 is 24.4 Å². The minimum Gasteiger partial charge on any atom is -0.490 e. The monoisotopic (exact) mass is 506 g/mol. The molecule has 0 saturated heterocycles. The van der Waals surface area contributed by atoms with E-state index in [9.17, 15) is 32.6 Å². The van der Waals surface area contributed by atoms with Crippen LogP contribution in [-0.2, 0) is 20.4 Å². The molecule has 10 heteroatoms. The van der Waals surface area contributed by atoms with E-state index in [4.69, 9.17) is 14.2 Å². The van der Waals surface area contributed by atoms with Gasteiger partial charge in [-0.05, 0) is 51.3 Å². The number of unbranched alkanes of at least 4 members (excludes halogenated alkanes) is 1. The van der Waals surface area contributed by atoms with Crippen LogP contribution in [0.4, 0.5) is 17.6 Å². The third-order valence-electron chi connectivity index (χ3n) is 5.53. The lowest BCUT2D eigenvalue weighted by molar-refractivity contribution is -0.147. The molecule has 2 N–H and O–H groups in total. The lowest BCUT2D eigenvalue weighted by Gasteiger charge is -2.24. The van der Waals surface area contributed by atoms with E-state index < -0.39 is 55.4 Å². The van der Waals surface area contributed by atoms with Gasteiger partial charge in [-0.1, -0.05) is 18.2 Å². The fourth-order valence-electron chi connectivity index (χ4n) is 3.86. The molecule has 0 amide bonds. The molecule has 1 aliphatic carbocycles. The number of hydrogen-bond acceptors (Lipinski definition) is 6. The van der Waals surface area contributed by atoms with Crippen molar-refractivity contribution in [3.63, 3.8) is 0 Å². The third kappa shape index (κ3) is 10.1. The van der Waals surface area contributed by atoms with E-state index >= 15 is 0 Å². The van der Waals surface area contributed by atoms with Crippen LogP contribution >= 0.6 is 0 Å². The molecule has 1 aliphatic rings. The summed E-state index contributed by atoms with van der Waals surface area (Å²) in [4.78, 5) is 11.5. The molecule has 1 saturated carbocycles. The molecule has 1 fully saturated rings. The van der Waals surface area contributed by atoms with Crippen molar-refractivity contribution >= 4 is 5.97 Å². The Morgan fingerprint density at radius 1 is 1.17 bits per heavy atom. The zero-order valence-electron chi connectivity index (χ0n) is 19.9. The second-order valence-electron chi connectivity index (χ2n) is 8.90. The number of hydrogen-bond donors (Lipinski definition) is 2. The topological polar surface area (TPSA) is 85.2 Å². The van der Waals surface area contributed by atoms with E-state index in [2.05, 4.69) is 0 Å². The molecule has 5 atom stereocenters. The van der Waals surface area contributed by atoms with Gasteiger partial charge in [-0.25, -0.2) is 4.39 Å². The molecule has 0 aliphatic heterocycles. The van der Waals surface area contributed by atoms with Gasteiger partial charge in [0.2, 0.25) is 0 Å². The van der Waals surface area contributed by atoms with E-state index in [1.54, 1.807) is 13.8 Å². The van der Waals surface area contributed by atoms with E-state index in [1.165, 1.54) is 12.1 Å². The Balaban J connectivity index is 1.76. The van der Waals surface area contributed by atoms with Crippen LogP contribution in [0.25, 0.3) is 0 Å². The highest BCUT2D eigenvalue weighted by molar-refractivity contribution is 5.69. The second-order valence-corrected chi connectivity index (χ2v) is 8.90. The third-order valence-corrected chi connectivity index (χ3v) is 5.53. The van der Waals surface area contributed by atoms with Gasteiger partial charge in [-0.3, -0.25) is 4.79 Å². The van der Waals surface area contributed by atoms with Crippen LogP contribution in [0, 0.1) is 5.92 Å². The van der Waals surface area contributed by atoms with Crippen LogP contribution in [-0.4, -0.2) is 60.0 Å². The predicted molar refractivity (Wildman–Crippen MR) is 121 cm³/mol. The Kier molecular flexibility index (Phi) is 11.5. The van der Waals surface area contributed by atoms with Crippen molar-refractivity contribution < 1.29 is 46.8 Å². The first-order valence-corrected chi connectivity index (χ1v) is 11.7. The highest BCUT2D eigenvalue weighted by Gasteiger charge is 2.42. The number of ether oxygens (including phenoxy) is 3. The average Bonchev–Trinajstić information content (AvgIpc) is 3.04. The van der Waals surface area contributed by atoms with Crippen molar-refractivity contribution in [2.75, 3.05) is 13.2 Å². The van der Waals surface area contributed by atoms with Crippen LogP contribution in [0.5, 0.6) is 5.75 Å². The number of aliphatic hydroxyl groups is 2. The Bertz CT molecular complexity index is 813. The summed E-state index contributed by atoms with van der Waals surface area (Å²) in [6.07, 6.45) is -3.13. The smallest absolute Gasteiger partial charge is 0.416 e. The number of carbonyl (C=O) groups is 1. The van der Waals surface area contributed by atoms with Crippen molar-refractivity contribution in [3.8, 4) is 5.75 Å². The van der Waals surface area contributed by atoms with Gasteiger partial charge in [0.25, 0.3) is 0 Å². The standard InChI is InChI=1S/C25H34F4O6/c1-16(2)35-23(32)11-6-4-3-5-10-20-21(30)13-22(31)24(20)34-15-18(26)14-33-19-9-7-8-17(12-19)25(27,28)29/h3,5,7-9,12,16,18,20-22,24,30-31H,4,6,10-11,13-15H2,1-2H3/t18-,20-,21-,22+,24+/m0/s1. The first-order valence-electron chi connectivity index (χ1n) is 11.7. The summed E-state index contributed by atoms with van der Waals surface area (Å²) in [7, 11) is 0. The molecular formula is C25H34F4O6. The zero-order chi connectivity index (χ0) is 26.0. The van der Waals surface area contributed by atoms with Gasteiger partial charge in [0.1, 0.15) is 12.4 Å².